The normalized spacial score (nSPS) is 11.2. The molecule has 2 aromatic heterocycles. The highest BCUT2D eigenvalue weighted by atomic mass is 32.2. The quantitative estimate of drug-likeness (QED) is 0.140. The smallest absolute Gasteiger partial charge is 0.341 e. The van der Waals surface area contributed by atoms with Gasteiger partial charge in [-0.05, 0) is 24.6 Å². The minimum atomic E-state index is -3.64. The molecule has 0 aliphatic carbocycles. The second-order valence-electron chi connectivity index (χ2n) is 8.15. The summed E-state index contributed by atoms with van der Waals surface area (Å²) in [5.74, 6) is -1.02. The van der Waals surface area contributed by atoms with Gasteiger partial charge < -0.3 is 14.6 Å². The molecule has 39 heavy (non-hydrogen) atoms. The molecule has 4 aromatic rings. The first-order valence-electron chi connectivity index (χ1n) is 11.9. The molecule has 4 rings (SSSR count). The lowest BCUT2D eigenvalue weighted by Gasteiger charge is -2.10. The van der Waals surface area contributed by atoms with E-state index in [2.05, 4.69) is 22.1 Å². The van der Waals surface area contributed by atoms with Crippen LogP contribution in [0.1, 0.15) is 23.1 Å². The Morgan fingerprint density at radius 3 is 2.46 bits per heavy atom. The monoisotopic (exact) mass is 582 g/mol. The molecule has 0 saturated heterocycles. The van der Waals surface area contributed by atoms with Crippen LogP contribution in [0.2, 0.25) is 0 Å². The first-order chi connectivity index (χ1) is 18.8. The van der Waals surface area contributed by atoms with Gasteiger partial charge in [0.1, 0.15) is 22.1 Å². The third-order valence-electron chi connectivity index (χ3n) is 5.47. The lowest BCUT2D eigenvalue weighted by atomic mass is 10.0. The van der Waals surface area contributed by atoms with Gasteiger partial charge in [0.05, 0.1) is 17.3 Å². The van der Waals surface area contributed by atoms with Gasteiger partial charge in [-0.3, -0.25) is 4.79 Å². The third-order valence-corrected chi connectivity index (χ3v) is 8.96. The number of hydrogen-bond acceptors (Lipinski definition) is 9. The van der Waals surface area contributed by atoms with Crippen LogP contribution in [-0.2, 0) is 31.7 Å². The Labute approximate surface area is 234 Å². The van der Waals surface area contributed by atoms with E-state index in [0.717, 1.165) is 17.3 Å². The Morgan fingerprint density at radius 2 is 1.79 bits per heavy atom. The fraction of sp³-hybridized carbons (Fsp3) is 0.185. The van der Waals surface area contributed by atoms with Crippen LogP contribution in [0, 0.1) is 0 Å². The maximum Gasteiger partial charge on any atom is 0.341 e. The summed E-state index contributed by atoms with van der Waals surface area (Å²) in [4.78, 5) is 25.9. The van der Waals surface area contributed by atoms with E-state index in [0.29, 0.717) is 21.3 Å². The third kappa shape index (κ3) is 6.83. The van der Waals surface area contributed by atoms with Crippen LogP contribution >= 0.6 is 23.1 Å². The minimum absolute atomic E-state index is 0.0401. The highest BCUT2D eigenvalue weighted by Crippen LogP contribution is 2.36. The first kappa shape index (κ1) is 28.3. The zero-order valence-electron chi connectivity index (χ0n) is 21.1. The minimum Gasteiger partial charge on any atom is -0.462 e. The largest absolute Gasteiger partial charge is 0.462 e. The zero-order chi connectivity index (χ0) is 27.8. The SMILES string of the molecule is C=CCn1c(CS(=O)(=O)c2ccccc2)nnc1SCC(=O)Nc1scc(-c2ccccc2)c1C(=O)OCC. The molecule has 202 valence electrons. The topological polar surface area (TPSA) is 120 Å². The van der Waals surface area contributed by atoms with Crippen LogP contribution in [0.5, 0.6) is 0 Å². The molecule has 0 bridgehead atoms. The van der Waals surface area contributed by atoms with Crippen molar-refractivity contribution < 1.29 is 22.7 Å². The van der Waals surface area contributed by atoms with E-state index in [1.165, 1.54) is 23.5 Å². The second kappa shape index (κ2) is 12.9. The molecule has 0 aliphatic heterocycles. The first-order valence-corrected chi connectivity index (χ1v) is 15.4. The number of thiophene rings is 1. The van der Waals surface area contributed by atoms with Gasteiger partial charge in [-0.15, -0.1) is 28.1 Å². The standard InChI is InChI=1S/C27H26N4O5S3/c1-3-15-31-22(18-39(34,35)20-13-9-6-10-14-20)29-30-27(31)38-17-23(32)28-25-24(26(33)36-4-2)21(16-37-25)19-11-7-5-8-12-19/h3,5-14,16H,1,4,15,17-18H2,2H3,(H,28,32). The highest BCUT2D eigenvalue weighted by Gasteiger charge is 2.24. The van der Waals surface area contributed by atoms with Crippen molar-refractivity contribution in [3.63, 3.8) is 0 Å². The number of ether oxygens (including phenoxy) is 1. The Hall–Kier alpha value is -3.74. The number of benzene rings is 2. The summed E-state index contributed by atoms with van der Waals surface area (Å²) in [7, 11) is -3.64. The van der Waals surface area contributed by atoms with Crippen LogP contribution in [0.25, 0.3) is 11.1 Å². The van der Waals surface area contributed by atoms with Crippen molar-refractivity contribution in [1.29, 1.82) is 0 Å². The number of esters is 1. The number of amides is 1. The fourth-order valence-corrected chi connectivity index (χ4v) is 6.74. The van der Waals surface area contributed by atoms with Gasteiger partial charge >= 0.3 is 5.97 Å². The van der Waals surface area contributed by atoms with Gasteiger partial charge in [-0.25, -0.2) is 13.2 Å². The molecule has 2 heterocycles. The summed E-state index contributed by atoms with van der Waals surface area (Å²) in [5.41, 5.74) is 1.81. The van der Waals surface area contributed by atoms with Crippen molar-refractivity contribution in [3.05, 3.63) is 90.1 Å². The fourth-order valence-electron chi connectivity index (χ4n) is 3.70. The molecule has 0 aliphatic rings. The van der Waals surface area contributed by atoms with E-state index in [1.807, 2.05) is 35.7 Å². The van der Waals surface area contributed by atoms with Crippen LogP contribution < -0.4 is 5.32 Å². The number of carbonyl (C=O) groups excluding carboxylic acids is 2. The van der Waals surface area contributed by atoms with Crippen LogP contribution in [0.15, 0.2) is 88.8 Å². The number of sulfone groups is 1. The van der Waals surface area contributed by atoms with Crippen molar-refractivity contribution in [2.24, 2.45) is 0 Å². The summed E-state index contributed by atoms with van der Waals surface area (Å²) >= 11 is 2.35. The summed E-state index contributed by atoms with van der Waals surface area (Å²) in [6, 6.07) is 17.5. The zero-order valence-corrected chi connectivity index (χ0v) is 23.5. The lowest BCUT2D eigenvalue weighted by Crippen LogP contribution is -2.17. The van der Waals surface area contributed by atoms with Crippen molar-refractivity contribution >= 4 is 49.8 Å². The molecule has 2 aromatic carbocycles. The Bertz CT molecular complexity index is 1570. The van der Waals surface area contributed by atoms with Gasteiger partial charge in [-0.2, -0.15) is 0 Å². The molecule has 0 fully saturated rings. The van der Waals surface area contributed by atoms with Gasteiger partial charge in [-0.1, -0.05) is 66.4 Å². The number of nitrogens with zero attached hydrogens (tertiary/aromatic N) is 3. The number of aromatic nitrogens is 3. The number of nitrogens with one attached hydrogen (secondary N) is 1. The van der Waals surface area contributed by atoms with E-state index in [-0.39, 0.29) is 41.3 Å². The van der Waals surface area contributed by atoms with E-state index in [9.17, 15) is 18.0 Å². The molecule has 0 atom stereocenters. The van der Waals surface area contributed by atoms with Crippen LogP contribution in [-0.4, -0.2) is 47.4 Å². The van der Waals surface area contributed by atoms with E-state index < -0.39 is 15.8 Å². The van der Waals surface area contributed by atoms with E-state index in [1.54, 1.807) is 35.8 Å². The Balaban J connectivity index is 1.50. The molecule has 0 saturated carbocycles. The Kier molecular flexibility index (Phi) is 9.33. The van der Waals surface area contributed by atoms with Gasteiger partial charge in [0.15, 0.2) is 15.0 Å². The second-order valence-corrected chi connectivity index (χ2v) is 12.0. The molecular weight excluding hydrogens is 557 g/mol. The number of anilines is 1. The van der Waals surface area contributed by atoms with Crippen molar-refractivity contribution in [2.45, 2.75) is 29.3 Å². The number of hydrogen-bond donors (Lipinski definition) is 1. The Morgan fingerprint density at radius 1 is 1.10 bits per heavy atom. The number of allylic oxidation sites excluding steroid dienone is 1. The predicted molar refractivity (Wildman–Crippen MR) is 153 cm³/mol. The average molecular weight is 583 g/mol. The number of rotatable bonds is 12. The summed E-state index contributed by atoms with van der Waals surface area (Å²) in [5, 5.41) is 13.6. The average Bonchev–Trinajstić information content (AvgIpc) is 3.52. The molecule has 0 radical (unpaired) electrons. The number of carbonyl (C=O) groups is 2. The van der Waals surface area contributed by atoms with Crippen molar-refractivity contribution in [3.8, 4) is 11.1 Å². The van der Waals surface area contributed by atoms with E-state index in [4.69, 9.17) is 4.74 Å². The molecule has 1 amide bonds. The summed E-state index contributed by atoms with van der Waals surface area (Å²) in [6.07, 6.45) is 1.61. The molecule has 12 heteroatoms. The van der Waals surface area contributed by atoms with Gasteiger partial charge in [0, 0.05) is 17.5 Å². The van der Waals surface area contributed by atoms with Crippen LogP contribution in [0.3, 0.4) is 0 Å². The molecular formula is C27H26N4O5S3. The lowest BCUT2D eigenvalue weighted by molar-refractivity contribution is -0.113. The van der Waals surface area contributed by atoms with E-state index >= 15 is 0 Å². The molecule has 9 nitrogen and oxygen atoms in total. The highest BCUT2D eigenvalue weighted by molar-refractivity contribution is 7.99. The summed E-state index contributed by atoms with van der Waals surface area (Å²) < 4.78 is 32.6. The maximum atomic E-state index is 12.9. The molecule has 0 spiro atoms. The maximum absolute atomic E-state index is 12.9. The van der Waals surface area contributed by atoms with Crippen LogP contribution in [0.4, 0.5) is 5.00 Å². The molecule has 1 N–H and O–H groups in total. The number of thioether (sulfide) groups is 1. The van der Waals surface area contributed by atoms with Crippen molar-refractivity contribution in [1.82, 2.24) is 14.8 Å². The predicted octanol–water partition coefficient (Wildman–Crippen LogP) is 5.07. The van der Waals surface area contributed by atoms with Crippen molar-refractivity contribution in [2.75, 3.05) is 17.7 Å². The van der Waals surface area contributed by atoms with Gasteiger partial charge in [0.2, 0.25) is 5.91 Å². The van der Waals surface area contributed by atoms with Gasteiger partial charge in [0.25, 0.3) is 0 Å². The molecule has 0 unspecified atom stereocenters. The summed E-state index contributed by atoms with van der Waals surface area (Å²) in [6.45, 7) is 5.93.